The molecule has 0 fully saturated rings. The highest BCUT2D eigenvalue weighted by atomic mass is 16.5. The van der Waals surface area contributed by atoms with Gasteiger partial charge in [0.1, 0.15) is 6.54 Å². The number of hydrogen-bond donors (Lipinski definition) is 3. The van der Waals surface area contributed by atoms with Gasteiger partial charge in [-0.3, -0.25) is 9.59 Å². The Balaban J connectivity index is 3.58. The number of carbonyl (C=O) groups excluding carboxylic acids is 1. The number of carbonyl (C=O) groups is 2. The Morgan fingerprint density at radius 3 is 1.82 bits per heavy atom. The normalized spacial score (nSPS) is 11.4. The molecule has 0 aromatic rings. The summed E-state index contributed by atoms with van der Waals surface area (Å²) in [5.74, 6) is -1.49. The topological polar surface area (TPSA) is 98.1 Å². The molecule has 164 valence electrons. The molecule has 0 aliphatic carbocycles. The van der Waals surface area contributed by atoms with Crippen molar-refractivity contribution < 1.29 is 24.9 Å². The molecule has 0 radical (unpaired) electrons. The van der Waals surface area contributed by atoms with E-state index in [1.807, 2.05) is 0 Å². The minimum absolute atomic E-state index is 0.248. The molecule has 3 N–H and O–H groups in total. The Hall–Kier alpha value is -1.40. The summed E-state index contributed by atoms with van der Waals surface area (Å²) in [5, 5.41) is 26.7. The average molecular weight is 400 g/mol. The summed E-state index contributed by atoms with van der Waals surface area (Å²) < 4.78 is 0. The van der Waals surface area contributed by atoms with E-state index in [0.29, 0.717) is 6.42 Å². The van der Waals surface area contributed by atoms with Gasteiger partial charge >= 0.3 is 5.97 Å². The molecular formula is C22H41NO5. The first kappa shape index (κ1) is 26.6. The lowest BCUT2D eigenvalue weighted by Crippen LogP contribution is -2.40. The molecule has 0 saturated heterocycles. The summed E-state index contributed by atoms with van der Waals surface area (Å²) in [6, 6.07) is 0. The van der Waals surface area contributed by atoms with Crippen molar-refractivity contribution in [1.29, 1.82) is 0 Å². The van der Waals surface area contributed by atoms with E-state index < -0.39 is 18.8 Å². The van der Waals surface area contributed by atoms with Crippen LogP contribution >= 0.6 is 0 Å². The lowest BCUT2D eigenvalue weighted by Gasteiger charge is -2.21. The van der Waals surface area contributed by atoms with Crippen LogP contribution in [0.4, 0.5) is 0 Å². The van der Waals surface area contributed by atoms with Crippen LogP contribution in [0.15, 0.2) is 12.2 Å². The van der Waals surface area contributed by atoms with Crippen LogP contribution in [0.2, 0.25) is 0 Å². The van der Waals surface area contributed by atoms with Crippen LogP contribution in [0.3, 0.4) is 0 Å². The Morgan fingerprint density at radius 2 is 1.32 bits per heavy atom. The fourth-order valence-electron chi connectivity index (χ4n) is 3.12. The highest BCUT2D eigenvalue weighted by Gasteiger charge is 2.18. The molecule has 0 heterocycles. The molecule has 0 saturated carbocycles. The van der Waals surface area contributed by atoms with Crippen LogP contribution in [-0.2, 0) is 9.59 Å². The van der Waals surface area contributed by atoms with Crippen molar-refractivity contribution in [1.82, 2.24) is 4.90 Å². The van der Waals surface area contributed by atoms with E-state index in [-0.39, 0.29) is 18.9 Å². The molecule has 0 rings (SSSR count). The second kappa shape index (κ2) is 18.9. The molecule has 0 bridgehead atoms. The number of hydrogen-bond acceptors (Lipinski definition) is 4. The van der Waals surface area contributed by atoms with Crippen molar-refractivity contribution in [2.24, 2.45) is 0 Å². The Labute approximate surface area is 170 Å². The molecule has 1 amide bonds. The maximum Gasteiger partial charge on any atom is 0.323 e. The SMILES string of the molecule is CCCCCCCC/C=C\CCCCCCCC(=O)N(CC(=O)O)CC(O)O. The first-order valence-corrected chi connectivity index (χ1v) is 11.0. The zero-order valence-electron chi connectivity index (χ0n) is 17.7. The highest BCUT2D eigenvalue weighted by Crippen LogP contribution is 2.10. The summed E-state index contributed by atoms with van der Waals surface area (Å²) in [4.78, 5) is 23.7. The van der Waals surface area contributed by atoms with Crippen molar-refractivity contribution in [2.75, 3.05) is 13.1 Å². The Morgan fingerprint density at radius 1 is 0.821 bits per heavy atom. The van der Waals surface area contributed by atoms with Crippen LogP contribution in [-0.4, -0.2) is 51.5 Å². The number of aliphatic hydroxyl groups excluding tert-OH is 1. The van der Waals surface area contributed by atoms with Gasteiger partial charge in [0.25, 0.3) is 0 Å². The number of carboxylic acids is 1. The molecule has 0 aromatic carbocycles. The highest BCUT2D eigenvalue weighted by molar-refractivity contribution is 5.81. The van der Waals surface area contributed by atoms with E-state index in [2.05, 4.69) is 19.1 Å². The molecule has 6 heteroatoms. The van der Waals surface area contributed by atoms with Crippen molar-refractivity contribution in [3.63, 3.8) is 0 Å². The summed E-state index contributed by atoms with van der Waals surface area (Å²) >= 11 is 0. The zero-order chi connectivity index (χ0) is 21.0. The number of aliphatic hydroxyl groups is 2. The molecule has 0 aliphatic rings. The number of nitrogens with zero attached hydrogens (tertiary/aromatic N) is 1. The molecular weight excluding hydrogens is 358 g/mol. The van der Waals surface area contributed by atoms with E-state index in [9.17, 15) is 9.59 Å². The number of unbranched alkanes of at least 4 members (excludes halogenated alkanes) is 11. The third-order valence-electron chi connectivity index (χ3n) is 4.71. The van der Waals surface area contributed by atoms with Gasteiger partial charge in [0, 0.05) is 6.42 Å². The standard InChI is InChI=1S/C22H41NO5/c1-2-3-4-5-6-7-8-9-10-11-12-13-14-15-16-17-20(24)23(18-21(25)26)19-22(27)28/h9-10,21,25-26H,2-8,11-19H2,1H3,(H,27,28)/b10-9-. The van der Waals surface area contributed by atoms with Gasteiger partial charge < -0.3 is 20.2 Å². The van der Waals surface area contributed by atoms with E-state index in [0.717, 1.165) is 37.0 Å². The van der Waals surface area contributed by atoms with Crippen LogP contribution in [0.5, 0.6) is 0 Å². The molecule has 6 nitrogen and oxygen atoms in total. The van der Waals surface area contributed by atoms with Crippen molar-refractivity contribution in [3.8, 4) is 0 Å². The molecule has 0 unspecified atom stereocenters. The number of carboxylic acid groups (broad SMARTS) is 1. The van der Waals surface area contributed by atoms with Gasteiger partial charge in [-0.25, -0.2) is 0 Å². The number of amides is 1. The number of aliphatic carboxylic acids is 1. The molecule has 0 atom stereocenters. The summed E-state index contributed by atoms with van der Waals surface area (Å²) in [5.41, 5.74) is 0. The quantitative estimate of drug-likeness (QED) is 0.171. The van der Waals surface area contributed by atoms with Crippen LogP contribution in [0.25, 0.3) is 0 Å². The van der Waals surface area contributed by atoms with E-state index in [1.54, 1.807) is 0 Å². The second-order valence-electron chi connectivity index (χ2n) is 7.48. The minimum Gasteiger partial charge on any atom is -0.480 e. The lowest BCUT2D eigenvalue weighted by atomic mass is 10.1. The number of allylic oxidation sites excluding steroid dienone is 2. The zero-order valence-corrected chi connectivity index (χ0v) is 17.7. The molecule has 0 aromatic heterocycles. The minimum atomic E-state index is -1.71. The number of rotatable bonds is 19. The van der Waals surface area contributed by atoms with E-state index in [4.69, 9.17) is 15.3 Å². The fraction of sp³-hybridized carbons (Fsp3) is 0.818. The second-order valence-corrected chi connectivity index (χ2v) is 7.48. The summed E-state index contributed by atoms with van der Waals surface area (Å²) in [6.45, 7) is 1.38. The fourth-order valence-corrected chi connectivity index (χ4v) is 3.12. The first-order valence-electron chi connectivity index (χ1n) is 11.0. The summed E-state index contributed by atoms with van der Waals surface area (Å²) in [7, 11) is 0. The smallest absolute Gasteiger partial charge is 0.323 e. The average Bonchev–Trinajstić information content (AvgIpc) is 2.63. The van der Waals surface area contributed by atoms with Gasteiger partial charge in [-0.15, -0.1) is 0 Å². The van der Waals surface area contributed by atoms with Crippen molar-refractivity contribution >= 4 is 11.9 Å². The van der Waals surface area contributed by atoms with Gasteiger partial charge in [-0.05, 0) is 32.1 Å². The lowest BCUT2D eigenvalue weighted by molar-refractivity contribution is -0.148. The van der Waals surface area contributed by atoms with E-state index >= 15 is 0 Å². The third kappa shape index (κ3) is 18.0. The van der Waals surface area contributed by atoms with Crippen molar-refractivity contribution in [3.05, 3.63) is 12.2 Å². The molecule has 28 heavy (non-hydrogen) atoms. The van der Waals surface area contributed by atoms with Gasteiger partial charge in [-0.1, -0.05) is 70.4 Å². The van der Waals surface area contributed by atoms with Gasteiger partial charge in [-0.2, -0.15) is 0 Å². The maximum absolute atomic E-state index is 12.0. The van der Waals surface area contributed by atoms with Crippen LogP contribution in [0.1, 0.15) is 96.8 Å². The van der Waals surface area contributed by atoms with Gasteiger partial charge in [0.05, 0.1) is 6.54 Å². The third-order valence-corrected chi connectivity index (χ3v) is 4.71. The largest absolute Gasteiger partial charge is 0.480 e. The predicted molar refractivity (Wildman–Crippen MR) is 112 cm³/mol. The van der Waals surface area contributed by atoms with Crippen LogP contribution < -0.4 is 0 Å². The summed E-state index contributed by atoms with van der Waals surface area (Å²) in [6.07, 6.45) is 18.4. The molecule has 0 spiro atoms. The first-order chi connectivity index (χ1) is 13.5. The Bertz CT molecular complexity index is 423. The van der Waals surface area contributed by atoms with Crippen LogP contribution in [0, 0.1) is 0 Å². The predicted octanol–water partition coefficient (Wildman–Crippen LogP) is 4.25. The molecule has 0 aliphatic heterocycles. The maximum atomic E-state index is 12.0. The monoisotopic (exact) mass is 399 g/mol. The van der Waals surface area contributed by atoms with E-state index in [1.165, 1.54) is 44.9 Å². The Kier molecular flexibility index (Phi) is 18.0. The van der Waals surface area contributed by atoms with Gasteiger partial charge in [0.15, 0.2) is 6.29 Å². The van der Waals surface area contributed by atoms with Gasteiger partial charge in [0.2, 0.25) is 5.91 Å². The van der Waals surface area contributed by atoms with Crippen molar-refractivity contribution in [2.45, 2.75) is 103 Å².